The smallest absolute Gasteiger partial charge is 0.126 e. The summed E-state index contributed by atoms with van der Waals surface area (Å²) in [6.07, 6.45) is 7.24. The fraction of sp³-hybridized carbons (Fsp3) is 0.647. The quantitative estimate of drug-likeness (QED) is 0.508. The molecule has 2 rings (SSSR count). The van der Waals surface area contributed by atoms with Crippen LogP contribution in [0.25, 0.3) is 0 Å². The normalized spacial score (nSPS) is 20.3. The van der Waals surface area contributed by atoms with E-state index in [1.165, 1.54) is 25.7 Å². The predicted molar refractivity (Wildman–Crippen MR) is 85.3 cm³/mol. The Labute approximate surface area is 127 Å². The molecule has 4 heteroatoms. The number of nitrogens with zero attached hydrogens (tertiary/aromatic N) is 1. The number of likely N-dealkylation sites (N-methyl/N-ethyl adjacent to an activating group) is 1. The molecule has 1 aliphatic carbocycles. The third-order valence-corrected chi connectivity index (χ3v) is 5.08. The van der Waals surface area contributed by atoms with Crippen LogP contribution in [0.4, 0.5) is 4.39 Å². The van der Waals surface area contributed by atoms with Gasteiger partial charge in [-0.15, -0.1) is 0 Å². The van der Waals surface area contributed by atoms with Gasteiger partial charge in [-0.2, -0.15) is 0 Å². The zero-order valence-corrected chi connectivity index (χ0v) is 13.5. The van der Waals surface area contributed by atoms with Crippen molar-refractivity contribution in [2.45, 2.75) is 57.0 Å². The van der Waals surface area contributed by atoms with E-state index in [4.69, 9.17) is 5.84 Å². The predicted octanol–water partition coefficient (Wildman–Crippen LogP) is 3.29. The Kier molecular flexibility index (Phi) is 5.36. The van der Waals surface area contributed by atoms with Gasteiger partial charge in [-0.1, -0.05) is 37.8 Å². The number of aryl methyl sites for hydroxylation is 1. The highest BCUT2D eigenvalue weighted by molar-refractivity contribution is 5.29. The minimum absolute atomic E-state index is 0.00444. The first-order valence-electron chi connectivity index (χ1n) is 7.91. The van der Waals surface area contributed by atoms with Crippen LogP contribution in [0.15, 0.2) is 18.2 Å². The lowest BCUT2D eigenvalue weighted by Crippen LogP contribution is -2.55. The van der Waals surface area contributed by atoms with Gasteiger partial charge >= 0.3 is 0 Å². The van der Waals surface area contributed by atoms with Crippen molar-refractivity contribution in [2.24, 2.45) is 5.84 Å². The van der Waals surface area contributed by atoms with Crippen molar-refractivity contribution in [3.63, 3.8) is 0 Å². The molecule has 0 aliphatic heterocycles. The molecule has 1 aromatic carbocycles. The molecular formula is C17H28FN3. The zero-order valence-electron chi connectivity index (χ0n) is 13.5. The Morgan fingerprint density at radius 3 is 2.29 bits per heavy atom. The van der Waals surface area contributed by atoms with Gasteiger partial charge in [-0.3, -0.25) is 11.3 Å². The fourth-order valence-corrected chi connectivity index (χ4v) is 3.74. The van der Waals surface area contributed by atoms with Crippen molar-refractivity contribution in [3.05, 3.63) is 35.1 Å². The maximum absolute atomic E-state index is 13.6. The average molecular weight is 293 g/mol. The summed E-state index contributed by atoms with van der Waals surface area (Å²) in [6, 6.07) is 5.36. The van der Waals surface area contributed by atoms with Crippen molar-refractivity contribution < 1.29 is 4.39 Å². The summed E-state index contributed by atoms with van der Waals surface area (Å²) in [5.74, 6) is 5.77. The molecule has 0 saturated heterocycles. The maximum Gasteiger partial charge on any atom is 0.126 e. The number of rotatable bonds is 4. The molecule has 1 unspecified atom stereocenters. The lowest BCUT2D eigenvalue weighted by molar-refractivity contribution is 0.0799. The van der Waals surface area contributed by atoms with Crippen LogP contribution in [-0.4, -0.2) is 24.5 Å². The molecule has 118 valence electrons. The van der Waals surface area contributed by atoms with E-state index in [1.54, 1.807) is 6.07 Å². The molecule has 0 aromatic heterocycles. The number of hydrogen-bond acceptors (Lipinski definition) is 3. The lowest BCUT2D eigenvalue weighted by Gasteiger charge is -2.46. The van der Waals surface area contributed by atoms with Crippen LogP contribution < -0.4 is 11.3 Å². The Bertz CT molecular complexity index is 465. The highest BCUT2D eigenvalue weighted by atomic mass is 19.1. The lowest BCUT2D eigenvalue weighted by atomic mass is 9.78. The van der Waals surface area contributed by atoms with Crippen LogP contribution in [0.2, 0.25) is 0 Å². The van der Waals surface area contributed by atoms with E-state index < -0.39 is 0 Å². The van der Waals surface area contributed by atoms with Crippen LogP contribution in [-0.2, 0) is 0 Å². The van der Waals surface area contributed by atoms with Gasteiger partial charge in [0.25, 0.3) is 0 Å². The highest BCUT2D eigenvalue weighted by Crippen LogP contribution is 2.41. The van der Waals surface area contributed by atoms with Crippen molar-refractivity contribution in [2.75, 3.05) is 14.1 Å². The first kappa shape index (κ1) is 16.4. The molecule has 0 radical (unpaired) electrons. The van der Waals surface area contributed by atoms with E-state index in [0.717, 1.165) is 18.4 Å². The van der Waals surface area contributed by atoms with Gasteiger partial charge in [0.2, 0.25) is 0 Å². The summed E-state index contributed by atoms with van der Waals surface area (Å²) < 4.78 is 13.6. The molecule has 3 N–H and O–H groups in total. The van der Waals surface area contributed by atoms with Crippen LogP contribution in [0.5, 0.6) is 0 Å². The Hall–Kier alpha value is -0.970. The maximum atomic E-state index is 13.6. The van der Waals surface area contributed by atoms with Gasteiger partial charge in [0.15, 0.2) is 0 Å². The molecule has 0 amide bonds. The van der Waals surface area contributed by atoms with E-state index in [2.05, 4.69) is 24.4 Å². The monoisotopic (exact) mass is 293 g/mol. The summed E-state index contributed by atoms with van der Waals surface area (Å²) in [5.41, 5.74) is 4.77. The summed E-state index contributed by atoms with van der Waals surface area (Å²) in [7, 11) is 4.26. The molecule has 0 bridgehead atoms. The average Bonchev–Trinajstić information content (AvgIpc) is 2.70. The molecule has 1 saturated carbocycles. The molecule has 1 atom stereocenters. The van der Waals surface area contributed by atoms with Crippen molar-refractivity contribution in [1.82, 2.24) is 10.3 Å². The van der Waals surface area contributed by atoms with Crippen molar-refractivity contribution in [1.29, 1.82) is 0 Å². The van der Waals surface area contributed by atoms with Crippen LogP contribution in [0, 0.1) is 12.7 Å². The molecule has 1 fully saturated rings. The topological polar surface area (TPSA) is 41.3 Å². The van der Waals surface area contributed by atoms with E-state index in [-0.39, 0.29) is 17.4 Å². The van der Waals surface area contributed by atoms with Gasteiger partial charge in [0.1, 0.15) is 5.82 Å². The summed E-state index contributed by atoms with van der Waals surface area (Å²) in [4.78, 5) is 2.31. The van der Waals surface area contributed by atoms with E-state index in [0.29, 0.717) is 5.56 Å². The zero-order chi connectivity index (χ0) is 15.5. The van der Waals surface area contributed by atoms with Gasteiger partial charge < -0.3 is 4.90 Å². The third kappa shape index (κ3) is 3.28. The Balaban J connectivity index is 2.41. The molecule has 0 heterocycles. The van der Waals surface area contributed by atoms with E-state index in [1.807, 2.05) is 19.1 Å². The Morgan fingerprint density at radius 1 is 1.19 bits per heavy atom. The van der Waals surface area contributed by atoms with Gasteiger partial charge in [-0.25, -0.2) is 4.39 Å². The highest BCUT2D eigenvalue weighted by Gasteiger charge is 2.41. The largest absolute Gasteiger partial charge is 0.302 e. The van der Waals surface area contributed by atoms with E-state index >= 15 is 0 Å². The first-order valence-corrected chi connectivity index (χ1v) is 7.91. The van der Waals surface area contributed by atoms with E-state index in [9.17, 15) is 4.39 Å². The first-order chi connectivity index (χ1) is 10.0. The summed E-state index contributed by atoms with van der Waals surface area (Å²) in [6.45, 7) is 1.81. The Morgan fingerprint density at radius 2 is 1.81 bits per heavy atom. The second kappa shape index (κ2) is 6.86. The van der Waals surface area contributed by atoms with Crippen LogP contribution >= 0.6 is 0 Å². The van der Waals surface area contributed by atoms with Gasteiger partial charge in [-0.05, 0) is 51.1 Å². The minimum Gasteiger partial charge on any atom is -0.302 e. The molecule has 21 heavy (non-hydrogen) atoms. The number of nitrogens with one attached hydrogen (secondary N) is 1. The molecule has 1 aromatic rings. The SMILES string of the molecule is Cc1cc(C(NN)C2(N(C)C)CCCCCC2)ccc1F. The summed E-state index contributed by atoms with van der Waals surface area (Å²) in [5, 5.41) is 0. The number of nitrogens with two attached hydrogens (primary N) is 1. The molecule has 1 aliphatic rings. The number of hydrazine groups is 1. The number of hydrogen-bond donors (Lipinski definition) is 2. The molecular weight excluding hydrogens is 265 g/mol. The summed E-state index contributed by atoms with van der Waals surface area (Å²) >= 11 is 0. The van der Waals surface area contributed by atoms with Crippen molar-refractivity contribution >= 4 is 0 Å². The molecule has 0 spiro atoms. The number of benzene rings is 1. The second-order valence-electron chi connectivity index (χ2n) is 6.52. The third-order valence-electron chi connectivity index (χ3n) is 5.08. The number of halogens is 1. The van der Waals surface area contributed by atoms with Gasteiger partial charge in [0, 0.05) is 5.54 Å². The van der Waals surface area contributed by atoms with Crippen LogP contribution in [0.1, 0.15) is 55.7 Å². The standard InChI is InChI=1S/C17H28FN3/c1-13-12-14(8-9-15(13)18)16(20-19)17(21(2)3)10-6-4-5-7-11-17/h8-9,12,16,20H,4-7,10-11,19H2,1-3H3. The minimum atomic E-state index is -0.158. The second-order valence-corrected chi connectivity index (χ2v) is 6.52. The molecule has 3 nitrogen and oxygen atoms in total. The van der Waals surface area contributed by atoms with Crippen molar-refractivity contribution in [3.8, 4) is 0 Å². The fourth-order valence-electron chi connectivity index (χ4n) is 3.74. The van der Waals surface area contributed by atoms with Crippen LogP contribution in [0.3, 0.4) is 0 Å². The van der Waals surface area contributed by atoms with Gasteiger partial charge in [0.05, 0.1) is 6.04 Å².